The van der Waals surface area contributed by atoms with Gasteiger partial charge in [0.2, 0.25) is 5.78 Å². The number of benzene rings is 1. The molecule has 39 heavy (non-hydrogen) atoms. The molecule has 12 heteroatoms. The maximum atomic E-state index is 14.2. The average molecular weight is 567 g/mol. The fourth-order valence-corrected chi connectivity index (χ4v) is 8.23. The van der Waals surface area contributed by atoms with Gasteiger partial charge in [0.05, 0.1) is 23.0 Å². The highest BCUT2D eigenvalue weighted by Gasteiger charge is 2.52. The molecule has 3 heterocycles. The van der Waals surface area contributed by atoms with Crippen LogP contribution in [0.25, 0.3) is 11.8 Å². The Balaban J connectivity index is 1.42. The molecule has 1 fully saturated rings. The molecule has 9 nitrogen and oxygen atoms in total. The average Bonchev–Trinajstić information content (AvgIpc) is 3.69. The molecule has 0 radical (unpaired) electrons. The minimum Gasteiger partial charge on any atom is -0.290 e. The van der Waals surface area contributed by atoms with E-state index in [4.69, 9.17) is 0 Å². The van der Waals surface area contributed by atoms with Gasteiger partial charge in [0.15, 0.2) is 10.0 Å². The molecule has 0 N–H and O–H groups in total. The van der Waals surface area contributed by atoms with Crippen molar-refractivity contribution < 1.29 is 17.6 Å². The van der Waals surface area contributed by atoms with Gasteiger partial charge in [-0.15, -0.1) is 11.3 Å². The number of aromatic nitrogens is 5. The quantitative estimate of drug-likeness (QED) is 0.310. The number of thiazole rings is 1. The summed E-state index contributed by atoms with van der Waals surface area (Å²) in [4.78, 5) is 18.5. The van der Waals surface area contributed by atoms with Gasteiger partial charge in [0.1, 0.15) is 5.82 Å². The van der Waals surface area contributed by atoms with Crippen LogP contribution in [0.2, 0.25) is 0 Å². The van der Waals surface area contributed by atoms with Gasteiger partial charge in [0, 0.05) is 37.4 Å². The Morgan fingerprint density at radius 1 is 1.26 bits per heavy atom. The second-order valence-corrected chi connectivity index (χ2v) is 12.7. The van der Waals surface area contributed by atoms with Crippen LogP contribution in [0.3, 0.4) is 0 Å². The van der Waals surface area contributed by atoms with E-state index in [2.05, 4.69) is 15.2 Å². The Labute approximate surface area is 229 Å². The monoisotopic (exact) mass is 566 g/mol. The predicted molar refractivity (Wildman–Crippen MR) is 144 cm³/mol. The molecule has 2 aliphatic carbocycles. The normalized spacial score (nSPS) is 20.9. The second kappa shape index (κ2) is 9.61. The van der Waals surface area contributed by atoms with Crippen molar-refractivity contribution in [2.75, 3.05) is 6.54 Å². The van der Waals surface area contributed by atoms with Crippen molar-refractivity contribution >= 4 is 33.2 Å². The number of fused-ring (bicyclic) bond motifs is 2. The van der Waals surface area contributed by atoms with Crippen LogP contribution < -0.4 is 0 Å². The largest absolute Gasteiger partial charge is 0.290 e. The molecule has 0 unspecified atom stereocenters. The van der Waals surface area contributed by atoms with Crippen molar-refractivity contribution in [3.8, 4) is 5.69 Å². The Morgan fingerprint density at radius 2 is 2.05 bits per heavy atom. The number of hydrogen-bond donors (Lipinski definition) is 0. The lowest BCUT2D eigenvalue weighted by Crippen LogP contribution is -2.50. The number of carbonyl (C=O) groups excluding carboxylic acids is 1. The van der Waals surface area contributed by atoms with Crippen LogP contribution in [-0.2, 0) is 23.5 Å². The molecular weight excluding hydrogens is 539 g/mol. The highest BCUT2D eigenvalue weighted by Crippen LogP contribution is 2.51. The first-order valence-corrected chi connectivity index (χ1v) is 15.0. The van der Waals surface area contributed by atoms with Gasteiger partial charge >= 0.3 is 0 Å². The summed E-state index contributed by atoms with van der Waals surface area (Å²) in [6.07, 6.45) is 8.81. The van der Waals surface area contributed by atoms with E-state index in [9.17, 15) is 17.6 Å². The fraction of sp³-hybridized carbons (Fsp3) is 0.333. The summed E-state index contributed by atoms with van der Waals surface area (Å²) < 4.78 is 45.5. The molecule has 202 valence electrons. The highest BCUT2D eigenvalue weighted by molar-refractivity contribution is 7.89. The number of carbonyl (C=O) groups is 1. The number of Topliss-reactive ketones (excluding diaryl/α,β-unsaturated/α-hetero) is 1. The summed E-state index contributed by atoms with van der Waals surface area (Å²) in [5.74, 6) is -0.425. The first-order chi connectivity index (χ1) is 18.7. The number of ketones is 1. The number of hydrogen-bond acceptors (Lipinski definition) is 7. The molecule has 6 rings (SSSR count). The van der Waals surface area contributed by atoms with Crippen molar-refractivity contribution in [1.82, 2.24) is 28.9 Å². The summed E-state index contributed by atoms with van der Waals surface area (Å²) in [6, 6.07) is 7.23. The second-order valence-electron chi connectivity index (χ2n) is 9.97. The Morgan fingerprint density at radius 3 is 2.72 bits per heavy atom. The number of nitrogens with zero attached hydrogens (tertiary/aromatic N) is 6. The highest BCUT2D eigenvalue weighted by atomic mass is 32.2. The van der Waals surface area contributed by atoms with E-state index in [0.717, 1.165) is 22.5 Å². The SMILES string of the molecule is CCN([C@H]1CCC2=Cc3c(cnn3-c3ccc(F)cc3)C[C@]2(C(=O)c2nccs2)C1)S(=O)(=O)c1ccn(C)n1. The summed E-state index contributed by atoms with van der Waals surface area (Å²) in [6.45, 7) is 2.07. The van der Waals surface area contributed by atoms with Crippen LogP contribution in [0.5, 0.6) is 0 Å². The lowest BCUT2D eigenvalue weighted by Gasteiger charge is -2.46. The van der Waals surface area contributed by atoms with Gasteiger partial charge < -0.3 is 0 Å². The molecule has 2 aliphatic rings. The molecule has 0 amide bonds. The van der Waals surface area contributed by atoms with E-state index >= 15 is 0 Å². The molecule has 0 saturated heterocycles. The van der Waals surface area contributed by atoms with Crippen LogP contribution in [0.15, 0.2) is 64.9 Å². The van der Waals surface area contributed by atoms with Gasteiger partial charge in [-0.25, -0.2) is 22.5 Å². The third-order valence-corrected chi connectivity index (χ3v) is 10.4. The van der Waals surface area contributed by atoms with Crippen LogP contribution in [-0.4, -0.2) is 55.6 Å². The van der Waals surface area contributed by atoms with E-state index in [1.165, 1.54) is 38.5 Å². The lowest BCUT2D eigenvalue weighted by atomic mass is 9.61. The van der Waals surface area contributed by atoms with E-state index in [-0.39, 0.29) is 23.2 Å². The zero-order valence-corrected chi connectivity index (χ0v) is 23.1. The number of allylic oxidation sites excluding steroid dienone is 1. The zero-order chi connectivity index (χ0) is 27.4. The van der Waals surface area contributed by atoms with E-state index < -0.39 is 21.5 Å². The van der Waals surface area contributed by atoms with Crippen LogP contribution >= 0.6 is 11.3 Å². The molecule has 0 aliphatic heterocycles. The topological polar surface area (TPSA) is 103 Å². The number of aryl methyl sites for hydroxylation is 1. The molecule has 0 spiro atoms. The summed E-state index contributed by atoms with van der Waals surface area (Å²) in [5, 5.41) is 10.9. The number of halogens is 1. The first kappa shape index (κ1) is 25.8. The van der Waals surface area contributed by atoms with Crippen LogP contribution in [0.4, 0.5) is 4.39 Å². The van der Waals surface area contributed by atoms with Crippen LogP contribution in [0, 0.1) is 11.2 Å². The fourth-order valence-electron chi connectivity index (χ4n) is 5.93. The number of sulfonamides is 1. The Hall–Kier alpha value is -3.48. The van der Waals surface area contributed by atoms with Crippen LogP contribution in [0.1, 0.15) is 47.2 Å². The van der Waals surface area contributed by atoms with E-state index in [1.54, 1.807) is 47.8 Å². The molecule has 2 atom stereocenters. The van der Waals surface area contributed by atoms with Gasteiger partial charge in [-0.1, -0.05) is 12.5 Å². The molecule has 3 aromatic heterocycles. The van der Waals surface area contributed by atoms with Crippen molar-refractivity contribution in [2.24, 2.45) is 12.5 Å². The third-order valence-electron chi connectivity index (χ3n) is 7.75. The maximum Gasteiger partial charge on any atom is 0.262 e. The minimum absolute atomic E-state index is 0.00000586. The van der Waals surface area contributed by atoms with E-state index in [0.29, 0.717) is 30.7 Å². The molecule has 1 aromatic carbocycles. The zero-order valence-electron chi connectivity index (χ0n) is 21.5. The number of rotatable bonds is 7. The van der Waals surface area contributed by atoms with E-state index in [1.807, 2.05) is 13.0 Å². The van der Waals surface area contributed by atoms with Gasteiger partial charge in [0.25, 0.3) is 10.0 Å². The Bertz CT molecular complexity index is 1670. The van der Waals surface area contributed by atoms with Gasteiger partial charge in [-0.2, -0.15) is 14.5 Å². The van der Waals surface area contributed by atoms with Crippen molar-refractivity contribution in [3.63, 3.8) is 0 Å². The lowest BCUT2D eigenvalue weighted by molar-refractivity contribution is 0.0744. The molecule has 4 aromatic rings. The summed E-state index contributed by atoms with van der Waals surface area (Å²) >= 11 is 1.29. The summed E-state index contributed by atoms with van der Waals surface area (Å²) in [5.41, 5.74) is 2.45. The summed E-state index contributed by atoms with van der Waals surface area (Å²) in [7, 11) is -2.18. The van der Waals surface area contributed by atoms with Gasteiger partial charge in [-0.3, -0.25) is 9.48 Å². The third kappa shape index (κ3) is 4.26. The maximum absolute atomic E-state index is 14.2. The molecule has 0 bridgehead atoms. The molecular formula is C27H27FN6O3S2. The molecule has 1 saturated carbocycles. The van der Waals surface area contributed by atoms with Crippen molar-refractivity contribution in [2.45, 2.75) is 43.7 Å². The smallest absolute Gasteiger partial charge is 0.262 e. The van der Waals surface area contributed by atoms with Crippen molar-refractivity contribution in [3.05, 3.63) is 82.0 Å². The standard InChI is InChI=1S/C27H27FN6O3S2/c1-3-33(39(36,37)24-10-12-32(2)31-24)22-7-4-19-14-23-18(17-30-34(23)21-8-5-20(28)6-9-21)15-27(19,16-22)25(35)26-29-11-13-38-26/h5-6,8-14,17,22H,3-4,7,15-16H2,1-2H3/t22-,27-/m0/s1. The van der Waals surface area contributed by atoms with Gasteiger partial charge in [-0.05, 0) is 67.7 Å². The first-order valence-electron chi connectivity index (χ1n) is 12.7. The Kier molecular flexibility index (Phi) is 6.35. The predicted octanol–water partition coefficient (Wildman–Crippen LogP) is 4.27. The van der Waals surface area contributed by atoms with Crippen molar-refractivity contribution in [1.29, 1.82) is 0 Å². The minimum atomic E-state index is -3.86.